The van der Waals surface area contributed by atoms with Crippen LogP contribution in [0.4, 0.5) is 0 Å². The Morgan fingerprint density at radius 2 is 2.08 bits per heavy atom. The number of rotatable bonds is 6. The minimum Gasteiger partial charge on any atom is -0.479 e. The Labute approximate surface area is 152 Å². The first kappa shape index (κ1) is 18.6. The number of hydrogen-bond donors (Lipinski definition) is 1. The number of aryl methyl sites for hydroxylation is 2. The molecule has 0 bridgehead atoms. The fraction of sp³-hybridized carbons (Fsp3) is 0.267. The summed E-state index contributed by atoms with van der Waals surface area (Å²) in [4.78, 5) is 22.8. The monoisotopic (exact) mass is 388 g/mol. The van der Waals surface area contributed by atoms with Gasteiger partial charge in [0.25, 0.3) is 0 Å². The van der Waals surface area contributed by atoms with Crippen molar-refractivity contribution in [1.29, 1.82) is 0 Å². The first-order valence-corrected chi connectivity index (χ1v) is 8.37. The van der Waals surface area contributed by atoms with Crippen LogP contribution in [0.1, 0.15) is 23.0 Å². The van der Waals surface area contributed by atoms with Crippen molar-refractivity contribution in [3.8, 4) is 5.75 Å². The lowest BCUT2D eigenvalue weighted by Gasteiger charge is -2.14. The van der Waals surface area contributed by atoms with E-state index in [0.29, 0.717) is 26.2 Å². The molecule has 0 unspecified atom stereocenters. The molecule has 1 atom stereocenters. The Kier molecular flexibility index (Phi) is 5.79. The number of halogens is 2. The molecule has 24 heavy (non-hydrogen) atoms. The van der Waals surface area contributed by atoms with Crippen LogP contribution in [0.5, 0.6) is 5.75 Å². The molecule has 0 aliphatic carbocycles. The lowest BCUT2D eigenvalue weighted by Crippen LogP contribution is -2.23. The zero-order chi connectivity index (χ0) is 18.0. The normalized spacial score (nSPS) is 12.0. The van der Waals surface area contributed by atoms with Gasteiger partial charge < -0.3 is 9.84 Å². The van der Waals surface area contributed by atoms with Crippen molar-refractivity contribution >= 4 is 47.2 Å². The standard InChI is InChI=1S/C15H14Cl2N2O4S/c1-7-9(6-20)14(19(3)18-7)24-13-5-12(10(16)4-11(13)17)23-8(2)15(21)22/h4-6,8H,1-3H3,(H,21,22)/t8-/m0/s1. The van der Waals surface area contributed by atoms with E-state index in [0.717, 1.165) is 6.29 Å². The maximum Gasteiger partial charge on any atom is 0.344 e. The molecule has 0 saturated heterocycles. The maximum absolute atomic E-state index is 11.3. The zero-order valence-corrected chi connectivity index (χ0v) is 15.4. The van der Waals surface area contributed by atoms with Gasteiger partial charge in [-0.3, -0.25) is 9.48 Å². The number of aromatic nitrogens is 2. The van der Waals surface area contributed by atoms with Crippen LogP contribution >= 0.6 is 35.0 Å². The molecular formula is C15H14Cl2N2O4S. The van der Waals surface area contributed by atoms with Crippen molar-refractivity contribution in [3.05, 3.63) is 33.4 Å². The van der Waals surface area contributed by atoms with Crippen LogP contribution in [0, 0.1) is 6.92 Å². The summed E-state index contributed by atoms with van der Waals surface area (Å²) in [5.74, 6) is -0.911. The van der Waals surface area contributed by atoms with Crippen molar-refractivity contribution in [1.82, 2.24) is 9.78 Å². The summed E-state index contributed by atoms with van der Waals surface area (Å²) in [7, 11) is 1.72. The molecule has 0 amide bonds. The molecule has 1 aromatic carbocycles. The lowest BCUT2D eigenvalue weighted by atomic mass is 10.3. The van der Waals surface area contributed by atoms with Gasteiger partial charge in [0.15, 0.2) is 12.4 Å². The summed E-state index contributed by atoms with van der Waals surface area (Å²) < 4.78 is 6.91. The number of aliphatic carboxylic acids is 1. The van der Waals surface area contributed by atoms with Gasteiger partial charge in [-0.1, -0.05) is 35.0 Å². The molecule has 1 heterocycles. The van der Waals surface area contributed by atoms with Gasteiger partial charge in [-0.15, -0.1) is 0 Å². The highest BCUT2D eigenvalue weighted by atomic mass is 35.5. The predicted octanol–water partition coefficient (Wildman–Crippen LogP) is 3.85. The molecule has 0 spiro atoms. The Hall–Kier alpha value is -1.70. The number of carbonyl (C=O) groups is 2. The number of ether oxygens (including phenoxy) is 1. The highest BCUT2D eigenvalue weighted by Crippen LogP contribution is 2.40. The fourth-order valence-electron chi connectivity index (χ4n) is 1.93. The average molecular weight is 389 g/mol. The summed E-state index contributed by atoms with van der Waals surface area (Å²) in [5.41, 5.74) is 1.07. The summed E-state index contributed by atoms with van der Waals surface area (Å²) in [6.45, 7) is 3.13. The topological polar surface area (TPSA) is 81.4 Å². The summed E-state index contributed by atoms with van der Waals surface area (Å²) in [5, 5.41) is 14.3. The van der Waals surface area contributed by atoms with Gasteiger partial charge in [-0.2, -0.15) is 5.10 Å². The van der Waals surface area contributed by atoms with Crippen molar-refractivity contribution < 1.29 is 19.4 Å². The second-order valence-corrected chi connectivity index (χ2v) is 6.80. The number of carboxylic acid groups (broad SMARTS) is 1. The number of hydrogen-bond acceptors (Lipinski definition) is 5. The zero-order valence-electron chi connectivity index (χ0n) is 13.0. The quantitative estimate of drug-likeness (QED) is 0.756. The van der Waals surface area contributed by atoms with E-state index in [1.807, 2.05) is 0 Å². The maximum atomic E-state index is 11.3. The third kappa shape index (κ3) is 3.85. The number of nitrogens with zero attached hydrogens (tertiary/aromatic N) is 2. The van der Waals surface area contributed by atoms with Crippen LogP contribution in [0.2, 0.25) is 10.0 Å². The van der Waals surface area contributed by atoms with Crippen LogP contribution in [0.15, 0.2) is 22.1 Å². The predicted molar refractivity (Wildman–Crippen MR) is 91.6 cm³/mol. The smallest absolute Gasteiger partial charge is 0.344 e. The fourth-order valence-corrected chi connectivity index (χ4v) is 3.49. The highest BCUT2D eigenvalue weighted by Gasteiger charge is 2.19. The number of carboxylic acids is 1. The van der Waals surface area contributed by atoms with E-state index in [1.54, 1.807) is 24.7 Å². The molecule has 9 heteroatoms. The Bertz CT molecular complexity index is 807. The van der Waals surface area contributed by atoms with Crippen molar-refractivity contribution in [2.24, 2.45) is 7.05 Å². The molecule has 0 saturated carbocycles. The second kappa shape index (κ2) is 7.46. The van der Waals surface area contributed by atoms with Crippen molar-refractivity contribution in [3.63, 3.8) is 0 Å². The molecule has 0 aliphatic heterocycles. The van der Waals surface area contributed by atoms with Gasteiger partial charge in [0, 0.05) is 11.9 Å². The third-order valence-corrected chi connectivity index (χ3v) is 5.13. The van der Waals surface area contributed by atoms with Crippen molar-refractivity contribution in [2.75, 3.05) is 0 Å². The Morgan fingerprint density at radius 3 is 2.67 bits per heavy atom. The SMILES string of the molecule is Cc1nn(C)c(Sc2cc(O[C@@H](C)C(=O)O)c(Cl)cc2Cl)c1C=O. The van der Waals surface area contributed by atoms with Gasteiger partial charge in [-0.05, 0) is 26.0 Å². The van der Waals surface area contributed by atoms with Crippen LogP contribution in [-0.4, -0.2) is 33.2 Å². The molecule has 0 fully saturated rings. The molecule has 0 radical (unpaired) electrons. The molecule has 6 nitrogen and oxygen atoms in total. The minimum absolute atomic E-state index is 0.199. The van der Waals surface area contributed by atoms with Crippen LogP contribution in [0.3, 0.4) is 0 Å². The highest BCUT2D eigenvalue weighted by molar-refractivity contribution is 7.99. The molecule has 0 aliphatic rings. The molecule has 1 aromatic heterocycles. The van der Waals surface area contributed by atoms with Gasteiger partial charge in [0.05, 0.1) is 21.3 Å². The minimum atomic E-state index is -1.11. The van der Waals surface area contributed by atoms with E-state index in [1.165, 1.54) is 24.8 Å². The van der Waals surface area contributed by atoms with Gasteiger partial charge in [-0.25, -0.2) is 4.79 Å². The first-order chi connectivity index (χ1) is 11.2. The number of carbonyl (C=O) groups excluding carboxylic acids is 1. The summed E-state index contributed by atoms with van der Waals surface area (Å²) >= 11 is 13.5. The van der Waals surface area contributed by atoms with Crippen LogP contribution < -0.4 is 4.74 Å². The van der Waals surface area contributed by atoms with E-state index in [2.05, 4.69) is 5.10 Å². The van der Waals surface area contributed by atoms with Crippen LogP contribution in [-0.2, 0) is 11.8 Å². The summed E-state index contributed by atoms with van der Waals surface area (Å²) in [6.07, 6.45) is -0.329. The van der Waals surface area contributed by atoms with E-state index in [-0.39, 0.29) is 10.8 Å². The largest absolute Gasteiger partial charge is 0.479 e. The molecule has 2 aromatic rings. The molecule has 1 N–H and O–H groups in total. The lowest BCUT2D eigenvalue weighted by molar-refractivity contribution is -0.144. The van der Waals surface area contributed by atoms with Crippen LogP contribution in [0.25, 0.3) is 0 Å². The van der Waals surface area contributed by atoms with Gasteiger partial charge in [0.2, 0.25) is 0 Å². The van der Waals surface area contributed by atoms with E-state index in [4.69, 9.17) is 33.0 Å². The molecule has 128 valence electrons. The number of benzene rings is 1. The second-order valence-electron chi connectivity index (χ2n) is 4.96. The molecule has 2 rings (SSSR count). The molecular weight excluding hydrogens is 375 g/mol. The summed E-state index contributed by atoms with van der Waals surface area (Å²) in [6, 6.07) is 3.02. The Balaban J connectivity index is 2.41. The van der Waals surface area contributed by atoms with Gasteiger partial charge in [0.1, 0.15) is 10.8 Å². The number of aldehydes is 1. The first-order valence-electron chi connectivity index (χ1n) is 6.79. The Morgan fingerprint density at radius 1 is 1.42 bits per heavy atom. The van der Waals surface area contributed by atoms with E-state index in [9.17, 15) is 9.59 Å². The van der Waals surface area contributed by atoms with E-state index < -0.39 is 12.1 Å². The average Bonchev–Trinajstić information content (AvgIpc) is 2.77. The van der Waals surface area contributed by atoms with Crippen molar-refractivity contribution in [2.45, 2.75) is 29.9 Å². The van der Waals surface area contributed by atoms with E-state index >= 15 is 0 Å². The third-order valence-electron chi connectivity index (χ3n) is 3.18. The van der Waals surface area contributed by atoms with Gasteiger partial charge >= 0.3 is 5.97 Å².